The molecule has 4 aromatic rings. The lowest BCUT2D eigenvalue weighted by Crippen LogP contribution is -2.01. The second kappa shape index (κ2) is 6.97. The average molecular weight is 368 g/mol. The molecule has 0 fully saturated rings. The molecule has 1 N–H and O–H groups in total. The Bertz CT molecular complexity index is 1010. The fourth-order valence-corrected chi connectivity index (χ4v) is 2.47. The number of benzene rings is 1. The zero-order chi connectivity index (χ0) is 17.9. The van der Waals surface area contributed by atoms with Gasteiger partial charge < -0.3 is 14.3 Å². The van der Waals surface area contributed by atoms with Gasteiger partial charge in [0.1, 0.15) is 17.3 Å². The highest BCUT2D eigenvalue weighted by molar-refractivity contribution is 6.30. The third kappa shape index (κ3) is 3.57. The number of anilines is 1. The molecule has 0 saturated carbocycles. The van der Waals surface area contributed by atoms with Crippen LogP contribution in [0.2, 0.25) is 5.02 Å². The van der Waals surface area contributed by atoms with Crippen LogP contribution in [-0.4, -0.2) is 20.3 Å². The number of aromatic nitrogens is 4. The fraction of sp³-hybridized carbons (Fsp3) is 0.111. The van der Waals surface area contributed by atoms with E-state index in [9.17, 15) is 0 Å². The molecule has 0 spiro atoms. The van der Waals surface area contributed by atoms with E-state index < -0.39 is 0 Å². The van der Waals surface area contributed by atoms with Gasteiger partial charge in [-0.1, -0.05) is 16.8 Å². The molecule has 1 aromatic carbocycles. The molecule has 130 valence electrons. The number of rotatable bonds is 5. The molecule has 3 heterocycles. The summed E-state index contributed by atoms with van der Waals surface area (Å²) in [5, 5.41) is 16.0. The van der Waals surface area contributed by atoms with Gasteiger partial charge in [-0.25, -0.2) is 0 Å². The van der Waals surface area contributed by atoms with Gasteiger partial charge >= 0.3 is 0 Å². The number of hydrogen-bond acceptors (Lipinski definition) is 7. The molecule has 26 heavy (non-hydrogen) atoms. The van der Waals surface area contributed by atoms with Crippen molar-refractivity contribution in [3.05, 3.63) is 65.1 Å². The van der Waals surface area contributed by atoms with Gasteiger partial charge in [-0.15, -0.1) is 10.2 Å². The van der Waals surface area contributed by atoms with Gasteiger partial charge in [-0.2, -0.15) is 4.98 Å². The maximum atomic E-state index is 5.89. The molecule has 0 atom stereocenters. The number of hydrogen-bond donors (Lipinski definition) is 1. The van der Waals surface area contributed by atoms with Crippen molar-refractivity contribution in [2.75, 3.05) is 5.32 Å². The molecule has 8 heteroatoms. The molecule has 0 aliphatic carbocycles. The number of nitrogens with zero attached hydrogens (tertiary/aromatic N) is 4. The third-order valence-corrected chi connectivity index (χ3v) is 3.90. The molecule has 0 bridgehead atoms. The number of nitrogens with one attached hydrogen (secondary N) is 1. The molecule has 0 aliphatic heterocycles. The number of halogens is 1. The summed E-state index contributed by atoms with van der Waals surface area (Å²) < 4.78 is 10.8. The zero-order valence-electron chi connectivity index (χ0n) is 13.8. The van der Waals surface area contributed by atoms with Gasteiger partial charge in [-0.3, -0.25) is 0 Å². The first-order valence-corrected chi connectivity index (χ1v) is 8.28. The van der Waals surface area contributed by atoms with Crippen molar-refractivity contribution in [2.24, 2.45) is 0 Å². The van der Waals surface area contributed by atoms with E-state index in [2.05, 4.69) is 25.7 Å². The number of aryl methyl sites for hydroxylation is 1. The Morgan fingerprint density at radius 1 is 1.00 bits per heavy atom. The Kier molecular flexibility index (Phi) is 4.37. The van der Waals surface area contributed by atoms with E-state index in [1.807, 2.05) is 31.2 Å². The normalized spacial score (nSPS) is 10.8. The van der Waals surface area contributed by atoms with Crippen molar-refractivity contribution in [3.63, 3.8) is 0 Å². The minimum Gasteiger partial charge on any atom is -0.465 e. The maximum Gasteiger partial charge on any atom is 0.278 e. The largest absolute Gasteiger partial charge is 0.465 e. The van der Waals surface area contributed by atoms with Crippen molar-refractivity contribution in [1.29, 1.82) is 0 Å². The highest BCUT2D eigenvalue weighted by Gasteiger charge is 2.12. The first-order valence-electron chi connectivity index (χ1n) is 7.90. The second-order valence-corrected chi connectivity index (χ2v) is 6.04. The lowest BCUT2D eigenvalue weighted by atomic mass is 10.2. The van der Waals surface area contributed by atoms with Crippen LogP contribution in [0.25, 0.3) is 23.0 Å². The summed E-state index contributed by atoms with van der Waals surface area (Å²) in [6.45, 7) is 2.43. The standard InChI is InChI=1S/C18H14ClN5O2/c1-11-2-7-14(25-11)10-20-16-9-8-15(22-23-16)18-21-17(24-26-18)12-3-5-13(19)6-4-12/h2-9H,10H2,1H3,(H,20,23). The summed E-state index contributed by atoms with van der Waals surface area (Å²) in [4.78, 5) is 4.35. The quantitative estimate of drug-likeness (QED) is 0.560. The highest BCUT2D eigenvalue weighted by atomic mass is 35.5. The van der Waals surface area contributed by atoms with Crippen molar-refractivity contribution >= 4 is 17.4 Å². The van der Waals surface area contributed by atoms with Crippen LogP contribution in [-0.2, 0) is 6.54 Å². The minimum atomic E-state index is 0.302. The molecule has 4 rings (SSSR count). The van der Waals surface area contributed by atoms with Crippen LogP contribution in [0, 0.1) is 6.92 Å². The van der Waals surface area contributed by atoms with E-state index in [0.717, 1.165) is 17.1 Å². The maximum absolute atomic E-state index is 5.89. The van der Waals surface area contributed by atoms with Crippen LogP contribution in [0.4, 0.5) is 5.82 Å². The molecule has 0 amide bonds. The van der Waals surface area contributed by atoms with Crippen LogP contribution < -0.4 is 5.32 Å². The van der Waals surface area contributed by atoms with E-state index in [-0.39, 0.29) is 0 Å². The van der Waals surface area contributed by atoms with Gasteiger partial charge in [0.15, 0.2) is 5.69 Å². The summed E-state index contributed by atoms with van der Waals surface area (Å²) in [5.74, 6) is 3.10. The van der Waals surface area contributed by atoms with E-state index in [0.29, 0.717) is 34.8 Å². The molecular weight excluding hydrogens is 354 g/mol. The first-order chi connectivity index (χ1) is 12.7. The Morgan fingerprint density at radius 3 is 2.54 bits per heavy atom. The first kappa shape index (κ1) is 16.3. The van der Waals surface area contributed by atoms with Crippen LogP contribution in [0.5, 0.6) is 0 Å². The number of furan rings is 1. The lowest BCUT2D eigenvalue weighted by molar-refractivity contribution is 0.430. The predicted octanol–water partition coefficient (Wildman–Crippen LogP) is 4.36. The molecule has 3 aromatic heterocycles. The fourth-order valence-electron chi connectivity index (χ4n) is 2.34. The van der Waals surface area contributed by atoms with Crippen LogP contribution in [0.1, 0.15) is 11.5 Å². The van der Waals surface area contributed by atoms with Gasteiger partial charge in [-0.05, 0) is 55.5 Å². The zero-order valence-corrected chi connectivity index (χ0v) is 14.6. The van der Waals surface area contributed by atoms with Crippen molar-refractivity contribution in [1.82, 2.24) is 20.3 Å². The molecule has 0 unspecified atom stereocenters. The van der Waals surface area contributed by atoms with E-state index in [1.165, 1.54) is 0 Å². The Hall–Kier alpha value is -3.19. The Balaban J connectivity index is 1.46. The molecule has 0 aliphatic rings. The van der Waals surface area contributed by atoms with Crippen LogP contribution >= 0.6 is 11.6 Å². The summed E-state index contributed by atoms with van der Waals surface area (Å²) in [6, 6.07) is 14.6. The van der Waals surface area contributed by atoms with Gasteiger partial charge in [0, 0.05) is 10.6 Å². The summed E-state index contributed by atoms with van der Waals surface area (Å²) in [6.07, 6.45) is 0. The van der Waals surface area contributed by atoms with E-state index in [4.69, 9.17) is 20.5 Å². The highest BCUT2D eigenvalue weighted by Crippen LogP contribution is 2.22. The molecule has 0 saturated heterocycles. The Morgan fingerprint density at radius 2 is 1.85 bits per heavy atom. The smallest absolute Gasteiger partial charge is 0.278 e. The summed E-state index contributed by atoms with van der Waals surface area (Å²) >= 11 is 5.89. The molecular formula is C18H14ClN5O2. The molecule has 0 radical (unpaired) electrons. The second-order valence-electron chi connectivity index (χ2n) is 5.60. The van der Waals surface area contributed by atoms with Gasteiger partial charge in [0.25, 0.3) is 5.89 Å². The van der Waals surface area contributed by atoms with Crippen LogP contribution in [0.15, 0.2) is 57.5 Å². The van der Waals surface area contributed by atoms with E-state index >= 15 is 0 Å². The van der Waals surface area contributed by atoms with Gasteiger partial charge in [0.05, 0.1) is 6.54 Å². The SMILES string of the molecule is Cc1ccc(CNc2ccc(-c3nc(-c4ccc(Cl)cc4)no3)nn2)o1. The van der Waals surface area contributed by atoms with Crippen LogP contribution in [0.3, 0.4) is 0 Å². The van der Waals surface area contributed by atoms with Crippen molar-refractivity contribution in [3.8, 4) is 23.0 Å². The van der Waals surface area contributed by atoms with Gasteiger partial charge in [0.2, 0.25) is 5.82 Å². The monoisotopic (exact) mass is 367 g/mol. The summed E-state index contributed by atoms with van der Waals surface area (Å²) in [7, 11) is 0. The van der Waals surface area contributed by atoms with Crippen molar-refractivity contribution < 1.29 is 8.94 Å². The molecule has 7 nitrogen and oxygen atoms in total. The average Bonchev–Trinajstić information content (AvgIpc) is 3.30. The summed E-state index contributed by atoms with van der Waals surface area (Å²) in [5.41, 5.74) is 1.31. The predicted molar refractivity (Wildman–Crippen MR) is 96.5 cm³/mol. The van der Waals surface area contributed by atoms with Crippen molar-refractivity contribution in [2.45, 2.75) is 13.5 Å². The Labute approximate surface area is 154 Å². The minimum absolute atomic E-state index is 0.302. The van der Waals surface area contributed by atoms with E-state index in [1.54, 1.807) is 24.3 Å². The topological polar surface area (TPSA) is 89.9 Å². The third-order valence-electron chi connectivity index (χ3n) is 3.65. The lowest BCUT2D eigenvalue weighted by Gasteiger charge is -2.02.